The Balaban J connectivity index is 1.43. The second-order valence-corrected chi connectivity index (χ2v) is 11.3. The molecule has 152 valence electrons. The van der Waals surface area contributed by atoms with Crippen LogP contribution in [0.1, 0.15) is 19.8 Å². The van der Waals surface area contributed by atoms with Crippen LogP contribution in [0.3, 0.4) is 0 Å². The van der Waals surface area contributed by atoms with E-state index in [1.807, 2.05) is 6.92 Å². The van der Waals surface area contributed by atoms with Crippen molar-refractivity contribution < 1.29 is 18.0 Å². The van der Waals surface area contributed by atoms with E-state index in [9.17, 15) is 18.0 Å². The second-order valence-electron chi connectivity index (χ2n) is 7.45. The van der Waals surface area contributed by atoms with Gasteiger partial charge in [0.25, 0.3) is 0 Å². The molecule has 0 bridgehead atoms. The van der Waals surface area contributed by atoms with Gasteiger partial charge in [0.1, 0.15) is 6.04 Å². The first-order chi connectivity index (χ1) is 13.2. The van der Waals surface area contributed by atoms with Crippen molar-refractivity contribution >= 4 is 45.2 Å². The Hall–Kier alpha value is -1.29. The number of amides is 2. The number of nitrogens with zero attached hydrogens (tertiary/aromatic N) is 3. The first kappa shape index (κ1) is 20.0. The SMILES string of the molecule is C[C@]12CCC(=O)N1[C@H](C(=O)N1CCN(S(=O)(=O)c3cccc(Cl)c3)CC1)CS2. The third-order valence-electron chi connectivity index (χ3n) is 5.71. The summed E-state index contributed by atoms with van der Waals surface area (Å²) in [6, 6.07) is 5.75. The first-order valence-corrected chi connectivity index (χ1v) is 12.0. The summed E-state index contributed by atoms with van der Waals surface area (Å²) in [7, 11) is -3.64. The fourth-order valence-corrected chi connectivity index (χ4v) is 7.29. The third kappa shape index (κ3) is 3.32. The maximum absolute atomic E-state index is 13.0. The maximum Gasteiger partial charge on any atom is 0.246 e. The quantitative estimate of drug-likeness (QED) is 0.709. The Morgan fingerprint density at radius 1 is 1.25 bits per heavy atom. The summed E-state index contributed by atoms with van der Waals surface area (Å²) < 4.78 is 27.0. The normalized spacial score (nSPS) is 28.6. The van der Waals surface area contributed by atoms with Gasteiger partial charge in [-0.25, -0.2) is 8.42 Å². The van der Waals surface area contributed by atoms with Crippen LogP contribution in [0.25, 0.3) is 0 Å². The molecule has 7 nitrogen and oxygen atoms in total. The lowest BCUT2D eigenvalue weighted by Crippen LogP contribution is -2.56. The summed E-state index contributed by atoms with van der Waals surface area (Å²) in [5, 5.41) is 0.368. The summed E-state index contributed by atoms with van der Waals surface area (Å²) in [5.41, 5.74) is 0. The molecule has 0 spiro atoms. The highest BCUT2D eigenvalue weighted by Crippen LogP contribution is 2.47. The van der Waals surface area contributed by atoms with Gasteiger partial charge in [0.15, 0.2) is 0 Å². The molecule has 0 N–H and O–H groups in total. The minimum atomic E-state index is -3.64. The number of thioether (sulfide) groups is 1. The molecule has 4 rings (SSSR count). The average Bonchev–Trinajstić information content (AvgIpc) is 3.17. The van der Waals surface area contributed by atoms with Gasteiger partial charge < -0.3 is 9.80 Å². The monoisotopic (exact) mass is 443 g/mol. The van der Waals surface area contributed by atoms with E-state index in [-0.39, 0.29) is 34.7 Å². The molecule has 3 heterocycles. The highest BCUT2D eigenvalue weighted by molar-refractivity contribution is 8.01. The number of carbonyl (C=O) groups is 2. The lowest BCUT2D eigenvalue weighted by atomic mass is 10.2. The van der Waals surface area contributed by atoms with E-state index < -0.39 is 16.1 Å². The summed E-state index contributed by atoms with van der Waals surface area (Å²) in [5.74, 6) is 0.557. The largest absolute Gasteiger partial charge is 0.338 e. The molecule has 0 unspecified atom stereocenters. The van der Waals surface area contributed by atoms with E-state index in [0.29, 0.717) is 30.3 Å². The van der Waals surface area contributed by atoms with Crippen molar-refractivity contribution in [2.24, 2.45) is 0 Å². The summed E-state index contributed by atoms with van der Waals surface area (Å²) in [4.78, 5) is 28.6. The topological polar surface area (TPSA) is 78.0 Å². The van der Waals surface area contributed by atoms with Crippen LogP contribution >= 0.6 is 23.4 Å². The molecule has 1 aromatic carbocycles. The van der Waals surface area contributed by atoms with Gasteiger partial charge in [-0.05, 0) is 31.5 Å². The van der Waals surface area contributed by atoms with Gasteiger partial charge in [-0.2, -0.15) is 4.31 Å². The molecule has 1 aromatic rings. The van der Waals surface area contributed by atoms with Crippen molar-refractivity contribution in [3.05, 3.63) is 29.3 Å². The van der Waals surface area contributed by atoms with Gasteiger partial charge in [-0.15, -0.1) is 11.8 Å². The minimum absolute atomic E-state index is 0.0352. The van der Waals surface area contributed by atoms with E-state index in [2.05, 4.69) is 0 Å². The molecule has 0 radical (unpaired) electrons. The van der Waals surface area contributed by atoms with Crippen LogP contribution in [0.5, 0.6) is 0 Å². The Morgan fingerprint density at radius 2 is 1.96 bits per heavy atom. The van der Waals surface area contributed by atoms with E-state index in [0.717, 1.165) is 6.42 Å². The molecule has 0 saturated carbocycles. The van der Waals surface area contributed by atoms with Crippen LogP contribution in [0.4, 0.5) is 0 Å². The molecule has 0 aliphatic carbocycles. The summed E-state index contributed by atoms with van der Waals surface area (Å²) in [6.07, 6.45) is 1.25. The van der Waals surface area contributed by atoms with E-state index in [4.69, 9.17) is 11.6 Å². The van der Waals surface area contributed by atoms with Crippen LogP contribution in [0.2, 0.25) is 5.02 Å². The van der Waals surface area contributed by atoms with Crippen molar-refractivity contribution in [1.29, 1.82) is 0 Å². The number of hydrogen-bond acceptors (Lipinski definition) is 5. The molecule has 3 saturated heterocycles. The van der Waals surface area contributed by atoms with Crippen LogP contribution in [-0.2, 0) is 19.6 Å². The lowest BCUT2D eigenvalue weighted by molar-refractivity contribution is -0.144. The van der Waals surface area contributed by atoms with Crippen LogP contribution in [0.15, 0.2) is 29.2 Å². The second kappa shape index (κ2) is 7.19. The van der Waals surface area contributed by atoms with Gasteiger partial charge in [-0.1, -0.05) is 17.7 Å². The minimum Gasteiger partial charge on any atom is -0.338 e. The number of benzene rings is 1. The van der Waals surface area contributed by atoms with Crippen molar-refractivity contribution in [2.45, 2.75) is 35.6 Å². The molecule has 3 fully saturated rings. The highest BCUT2D eigenvalue weighted by Gasteiger charge is 2.53. The molecule has 0 aromatic heterocycles. The van der Waals surface area contributed by atoms with Crippen LogP contribution < -0.4 is 0 Å². The van der Waals surface area contributed by atoms with Crippen molar-refractivity contribution in [3.8, 4) is 0 Å². The van der Waals surface area contributed by atoms with Gasteiger partial charge >= 0.3 is 0 Å². The fraction of sp³-hybridized carbons (Fsp3) is 0.556. The van der Waals surface area contributed by atoms with Crippen LogP contribution in [-0.4, -0.2) is 77.2 Å². The van der Waals surface area contributed by atoms with Crippen molar-refractivity contribution in [2.75, 3.05) is 31.9 Å². The zero-order valence-corrected chi connectivity index (χ0v) is 17.9. The fourth-order valence-electron chi connectivity index (χ4n) is 4.14. The van der Waals surface area contributed by atoms with Crippen molar-refractivity contribution in [3.63, 3.8) is 0 Å². The number of hydrogen-bond donors (Lipinski definition) is 0. The predicted molar refractivity (Wildman–Crippen MR) is 108 cm³/mol. The number of fused-ring (bicyclic) bond motifs is 1. The highest BCUT2D eigenvalue weighted by atomic mass is 35.5. The van der Waals surface area contributed by atoms with Crippen molar-refractivity contribution in [1.82, 2.24) is 14.1 Å². The Kier molecular flexibility index (Phi) is 5.14. The smallest absolute Gasteiger partial charge is 0.246 e. The number of carbonyl (C=O) groups excluding carboxylic acids is 2. The molecule has 2 atom stereocenters. The number of piperazine rings is 1. The molecule has 2 amide bonds. The number of sulfonamides is 1. The Bertz CT molecular complexity index is 917. The van der Waals surface area contributed by atoms with E-state index >= 15 is 0 Å². The molecular formula is C18H22ClN3O4S2. The molecule has 3 aliphatic heterocycles. The number of halogens is 1. The maximum atomic E-state index is 13.0. The van der Waals surface area contributed by atoms with Gasteiger partial charge in [0.2, 0.25) is 21.8 Å². The molecule has 28 heavy (non-hydrogen) atoms. The molecular weight excluding hydrogens is 422 g/mol. The average molecular weight is 444 g/mol. The molecule has 10 heteroatoms. The number of rotatable bonds is 3. The molecule has 3 aliphatic rings. The van der Waals surface area contributed by atoms with Crippen LogP contribution in [0, 0.1) is 0 Å². The predicted octanol–water partition coefficient (Wildman–Crippen LogP) is 1.63. The Morgan fingerprint density at radius 3 is 2.64 bits per heavy atom. The van der Waals surface area contributed by atoms with Gasteiger partial charge in [0.05, 0.1) is 9.77 Å². The third-order valence-corrected chi connectivity index (χ3v) is 9.35. The lowest BCUT2D eigenvalue weighted by Gasteiger charge is -2.37. The standard InChI is InChI=1S/C18H22ClN3O4S2/c1-18-6-5-16(23)22(18)15(12-27-18)17(24)20-7-9-21(10-8-20)28(25,26)14-4-2-3-13(19)11-14/h2-4,11,15H,5-10,12H2,1H3/t15-,18-/m0/s1. The van der Waals surface area contributed by atoms with E-state index in [1.54, 1.807) is 33.7 Å². The zero-order valence-electron chi connectivity index (χ0n) is 15.5. The van der Waals surface area contributed by atoms with Gasteiger partial charge in [-0.3, -0.25) is 9.59 Å². The van der Waals surface area contributed by atoms with Gasteiger partial charge in [0, 0.05) is 43.4 Å². The summed E-state index contributed by atoms with van der Waals surface area (Å²) >= 11 is 7.59. The Labute approximate surface area is 174 Å². The van der Waals surface area contributed by atoms with E-state index in [1.165, 1.54) is 16.4 Å². The zero-order chi connectivity index (χ0) is 20.1. The summed E-state index contributed by atoms with van der Waals surface area (Å²) in [6.45, 7) is 3.11. The first-order valence-electron chi connectivity index (χ1n) is 9.23.